The van der Waals surface area contributed by atoms with Crippen LogP contribution in [-0.2, 0) is 16.6 Å². The molecule has 1 aliphatic heterocycles. The van der Waals surface area contributed by atoms with E-state index in [1.807, 2.05) is 62.4 Å². The standard InChI is InChI=1S/C26H30N2O3S/c1-20-10-12-23(13-11-20)28(32(30,31)25-8-5-6-21(2)18-25)24-14-16-27(17-15-24)19-22-7-3-4-9-26(22)29/h3-13,18,24,29H,14-17,19H2,1-2H3. The van der Waals surface area contributed by atoms with E-state index in [0.29, 0.717) is 22.9 Å². The van der Waals surface area contributed by atoms with E-state index in [-0.39, 0.29) is 6.04 Å². The first-order valence-corrected chi connectivity index (χ1v) is 12.5. The predicted molar refractivity (Wildman–Crippen MR) is 128 cm³/mol. The van der Waals surface area contributed by atoms with Crippen LogP contribution in [0.3, 0.4) is 0 Å². The first-order valence-electron chi connectivity index (χ1n) is 11.0. The molecule has 168 valence electrons. The van der Waals surface area contributed by atoms with Crippen LogP contribution in [0.2, 0.25) is 0 Å². The number of hydrogen-bond acceptors (Lipinski definition) is 4. The molecular weight excluding hydrogens is 420 g/mol. The Kier molecular flexibility index (Phi) is 6.53. The third kappa shape index (κ3) is 4.81. The van der Waals surface area contributed by atoms with Gasteiger partial charge in [-0.15, -0.1) is 0 Å². The molecule has 3 aromatic rings. The monoisotopic (exact) mass is 450 g/mol. The number of piperidine rings is 1. The van der Waals surface area contributed by atoms with Crippen LogP contribution in [0.25, 0.3) is 0 Å². The van der Waals surface area contributed by atoms with Crippen LogP contribution >= 0.6 is 0 Å². The Balaban J connectivity index is 1.59. The Bertz CT molecular complexity index is 1170. The number of anilines is 1. The highest BCUT2D eigenvalue weighted by Crippen LogP contribution is 2.31. The molecule has 0 unspecified atom stereocenters. The Morgan fingerprint density at radius 3 is 2.25 bits per heavy atom. The lowest BCUT2D eigenvalue weighted by atomic mass is 10.0. The van der Waals surface area contributed by atoms with Crippen LogP contribution in [0.15, 0.2) is 77.7 Å². The van der Waals surface area contributed by atoms with Gasteiger partial charge in [-0.25, -0.2) is 8.42 Å². The molecule has 0 bridgehead atoms. The Morgan fingerprint density at radius 1 is 0.906 bits per heavy atom. The van der Waals surface area contributed by atoms with Gasteiger partial charge in [0.2, 0.25) is 0 Å². The van der Waals surface area contributed by atoms with E-state index in [2.05, 4.69) is 4.90 Å². The Labute approximate surface area is 191 Å². The fourth-order valence-electron chi connectivity index (χ4n) is 4.32. The van der Waals surface area contributed by atoms with Gasteiger partial charge in [0.15, 0.2) is 0 Å². The molecule has 0 saturated carbocycles. The summed E-state index contributed by atoms with van der Waals surface area (Å²) in [4.78, 5) is 2.60. The number of phenols is 1. The first kappa shape index (κ1) is 22.4. The Morgan fingerprint density at radius 2 is 1.59 bits per heavy atom. The largest absolute Gasteiger partial charge is 0.508 e. The minimum Gasteiger partial charge on any atom is -0.508 e. The van der Waals surface area contributed by atoms with Crippen LogP contribution in [0, 0.1) is 13.8 Å². The van der Waals surface area contributed by atoms with E-state index >= 15 is 0 Å². The van der Waals surface area contributed by atoms with Crippen molar-refractivity contribution in [3.63, 3.8) is 0 Å². The summed E-state index contributed by atoms with van der Waals surface area (Å²) < 4.78 is 29.2. The number of rotatable bonds is 6. The average Bonchev–Trinajstić information content (AvgIpc) is 2.78. The molecule has 4 rings (SSSR count). The molecule has 1 N–H and O–H groups in total. The molecule has 0 aromatic heterocycles. The van der Waals surface area contributed by atoms with Crippen molar-refractivity contribution in [1.82, 2.24) is 4.90 Å². The van der Waals surface area contributed by atoms with Crippen molar-refractivity contribution in [2.24, 2.45) is 0 Å². The summed E-state index contributed by atoms with van der Waals surface area (Å²) in [6.45, 7) is 6.11. The van der Waals surface area contributed by atoms with Gasteiger partial charge in [0.05, 0.1) is 10.6 Å². The summed E-state index contributed by atoms with van der Waals surface area (Å²) in [5.41, 5.74) is 3.62. The zero-order valence-corrected chi connectivity index (χ0v) is 19.4. The van der Waals surface area contributed by atoms with Crippen molar-refractivity contribution >= 4 is 15.7 Å². The maximum absolute atomic E-state index is 13.8. The molecule has 32 heavy (non-hydrogen) atoms. The molecular formula is C26H30N2O3S. The van der Waals surface area contributed by atoms with Crippen molar-refractivity contribution in [2.75, 3.05) is 17.4 Å². The number of para-hydroxylation sites is 1. The van der Waals surface area contributed by atoms with E-state index in [9.17, 15) is 13.5 Å². The number of nitrogens with zero attached hydrogens (tertiary/aromatic N) is 2. The lowest BCUT2D eigenvalue weighted by Crippen LogP contribution is -2.47. The molecule has 1 fully saturated rings. The summed E-state index contributed by atoms with van der Waals surface area (Å²) in [6, 6.07) is 22.1. The first-order chi connectivity index (χ1) is 15.3. The maximum Gasteiger partial charge on any atom is 0.264 e. The summed E-state index contributed by atoms with van der Waals surface area (Å²) in [7, 11) is -3.70. The highest BCUT2D eigenvalue weighted by atomic mass is 32.2. The minimum atomic E-state index is -3.70. The molecule has 0 amide bonds. The zero-order chi connectivity index (χ0) is 22.7. The van der Waals surface area contributed by atoms with Crippen molar-refractivity contribution in [3.05, 3.63) is 89.5 Å². The fraction of sp³-hybridized carbons (Fsp3) is 0.308. The van der Waals surface area contributed by atoms with Crippen LogP contribution < -0.4 is 4.31 Å². The maximum atomic E-state index is 13.8. The van der Waals surface area contributed by atoms with Gasteiger partial charge in [-0.2, -0.15) is 0 Å². The van der Waals surface area contributed by atoms with Gasteiger partial charge in [-0.1, -0.05) is 48.0 Å². The summed E-state index contributed by atoms with van der Waals surface area (Å²) in [5, 5.41) is 10.1. The number of phenolic OH excluding ortho intramolecular Hbond substituents is 1. The van der Waals surface area contributed by atoms with Gasteiger partial charge in [0.25, 0.3) is 10.0 Å². The summed E-state index contributed by atoms with van der Waals surface area (Å²) in [5.74, 6) is 0.304. The number of likely N-dealkylation sites (tertiary alicyclic amines) is 1. The molecule has 0 radical (unpaired) electrons. The molecule has 0 aliphatic carbocycles. The third-order valence-electron chi connectivity index (χ3n) is 6.11. The summed E-state index contributed by atoms with van der Waals surface area (Å²) in [6.07, 6.45) is 1.46. The van der Waals surface area contributed by atoms with E-state index < -0.39 is 10.0 Å². The lowest BCUT2D eigenvalue weighted by molar-refractivity contribution is 0.204. The topological polar surface area (TPSA) is 60.9 Å². The lowest BCUT2D eigenvalue weighted by Gasteiger charge is -2.39. The molecule has 1 heterocycles. The second kappa shape index (κ2) is 9.35. The smallest absolute Gasteiger partial charge is 0.264 e. The van der Waals surface area contributed by atoms with Gasteiger partial charge in [0, 0.05) is 31.2 Å². The second-order valence-electron chi connectivity index (χ2n) is 8.59. The number of benzene rings is 3. The van der Waals surface area contributed by atoms with Crippen molar-refractivity contribution in [3.8, 4) is 5.75 Å². The molecule has 5 nitrogen and oxygen atoms in total. The number of hydrogen-bond donors (Lipinski definition) is 1. The highest BCUT2D eigenvalue weighted by molar-refractivity contribution is 7.92. The van der Waals surface area contributed by atoms with Crippen LogP contribution in [0.5, 0.6) is 5.75 Å². The van der Waals surface area contributed by atoms with Gasteiger partial charge >= 0.3 is 0 Å². The van der Waals surface area contributed by atoms with Crippen LogP contribution in [-0.4, -0.2) is 37.6 Å². The van der Waals surface area contributed by atoms with Crippen LogP contribution in [0.4, 0.5) is 5.69 Å². The van der Waals surface area contributed by atoms with E-state index in [0.717, 1.165) is 42.6 Å². The molecule has 0 spiro atoms. The Hall–Kier alpha value is -2.83. The third-order valence-corrected chi connectivity index (χ3v) is 7.99. The molecule has 1 aliphatic rings. The SMILES string of the molecule is Cc1ccc(N(C2CCN(Cc3ccccc3O)CC2)S(=O)(=O)c2cccc(C)c2)cc1. The molecule has 0 atom stereocenters. The zero-order valence-electron chi connectivity index (χ0n) is 18.6. The van der Waals surface area contributed by atoms with Gasteiger partial charge < -0.3 is 5.11 Å². The van der Waals surface area contributed by atoms with Crippen molar-refractivity contribution in [1.29, 1.82) is 0 Å². The number of aryl methyl sites for hydroxylation is 2. The summed E-state index contributed by atoms with van der Waals surface area (Å²) >= 11 is 0. The van der Waals surface area contributed by atoms with Gasteiger partial charge in [-0.05, 0) is 62.6 Å². The van der Waals surface area contributed by atoms with E-state index in [1.54, 1.807) is 28.6 Å². The molecule has 6 heteroatoms. The highest BCUT2D eigenvalue weighted by Gasteiger charge is 2.34. The van der Waals surface area contributed by atoms with Crippen molar-refractivity contribution in [2.45, 2.75) is 44.2 Å². The fourth-order valence-corrected chi connectivity index (χ4v) is 6.14. The molecule has 3 aromatic carbocycles. The van der Waals surface area contributed by atoms with Gasteiger partial charge in [-0.3, -0.25) is 9.21 Å². The number of aromatic hydroxyl groups is 1. The van der Waals surface area contributed by atoms with Crippen molar-refractivity contribution < 1.29 is 13.5 Å². The minimum absolute atomic E-state index is 0.121. The average molecular weight is 451 g/mol. The van der Waals surface area contributed by atoms with Crippen LogP contribution in [0.1, 0.15) is 29.5 Å². The quantitative estimate of drug-likeness (QED) is 0.582. The van der Waals surface area contributed by atoms with Gasteiger partial charge in [0.1, 0.15) is 5.75 Å². The number of sulfonamides is 1. The normalized spacial score (nSPS) is 15.6. The predicted octanol–water partition coefficient (Wildman–Crippen LogP) is 4.87. The second-order valence-corrected chi connectivity index (χ2v) is 10.4. The van der Waals surface area contributed by atoms with E-state index in [1.165, 1.54) is 0 Å². The van der Waals surface area contributed by atoms with E-state index in [4.69, 9.17) is 0 Å². The molecule has 1 saturated heterocycles.